The largest absolute Gasteiger partial charge is 0.508 e. The van der Waals surface area contributed by atoms with Crippen LogP contribution in [0.3, 0.4) is 0 Å². The number of carbonyl (C=O) groups is 1. The topological polar surface area (TPSA) is 69.6 Å². The Balaban J connectivity index is 2.11. The van der Waals surface area contributed by atoms with E-state index in [1.807, 2.05) is 6.07 Å². The number of phenols is 1. The van der Waals surface area contributed by atoms with Crippen molar-refractivity contribution in [3.8, 4) is 5.75 Å². The number of phenolic OH excluding ortho intramolecular Hbond substituents is 1. The molecule has 5 heteroatoms. The summed E-state index contributed by atoms with van der Waals surface area (Å²) in [7, 11) is 0. The summed E-state index contributed by atoms with van der Waals surface area (Å²) in [6.45, 7) is 0. The first-order chi connectivity index (χ1) is 7.16. The molecule has 15 heavy (non-hydrogen) atoms. The second-order valence-corrected chi connectivity index (χ2v) is 4.50. The number of rotatable bonds is 2. The Bertz CT molecular complexity index is 383. The molecule has 1 unspecified atom stereocenters. The summed E-state index contributed by atoms with van der Waals surface area (Å²) in [6, 6.07) is 6.37. The van der Waals surface area contributed by atoms with E-state index in [0.29, 0.717) is 5.75 Å². The van der Waals surface area contributed by atoms with Crippen molar-refractivity contribution < 1.29 is 15.0 Å². The molecule has 2 rings (SSSR count). The third-order valence-corrected chi connectivity index (χ3v) is 3.52. The van der Waals surface area contributed by atoms with Crippen LogP contribution >= 0.6 is 11.8 Å². The van der Waals surface area contributed by atoms with Crippen molar-refractivity contribution in [1.82, 2.24) is 5.32 Å². The van der Waals surface area contributed by atoms with E-state index in [2.05, 4.69) is 5.32 Å². The lowest BCUT2D eigenvalue weighted by atomic mass is 10.2. The molecule has 1 aromatic rings. The van der Waals surface area contributed by atoms with Crippen LogP contribution in [0.15, 0.2) is 24.3 Å². The molecule has 1 heterocycles. The van der Waals surface area contributed by atoms with Crippen LogP contribution < -0.4 is 5.32 Å². The number of aliphatic carboxylic acids is 1. The smallest absolute Gasteiger partial charge is 0.321 e. The molecule has 4 nitrogen and oxygen atoms in total. The normalized spacial score (nSPS) is 25.3. The predicted molar refractivity (Wildman–Crippen MR) is 57.9 cm³/mol. The van der Waals surface area contributed by atoms with Crippen molar-refractivity contribution in [1.29, 1.82) is 0 Å². The number of carboxylic acid groups (broad SMARTS) is 1. The molecular weight excluding hydrogens is 214 g/mol. The minimum Gasteiger partial charge on any atom is -0.508 e. The lowest BCUT2D eigenvalue weighted by Crippen LogP contribution is -2.33. The first-order valence-corrected chi connectivity index (χ1v) is 5.61. The first-order valence-electron chi connectivity index (χ1n) is 4.56. The summed E-state index contributed by atoms with van der Waals surface area (Å²) in [4.78, 5) is 10.7. The van der Waals surface area contributed by atoms with Gasteiger partial charge in [0.2, 0.25) is 0 Å². The van der Waals surface area contributed by atoms with Crippen molar-refractivity contribution in [2.75, 3.05) is 5.75 Å². The molecule has 0 aromatic heterocycles. The van der Waals surface area contributed by atoms with Crippen molar-refractivity contribution in [2.45, 2.75) is 11.4 Å². The molecule has 1 aliphatic heterocycles. The molecule has 0 aliphatic carbocycles. The third kappa shape index (κ3) is 2.24. The number of aromatic hydroxyl groups is 1. The highest BCUT2D eigenvalue weighted by Gasteiger charge is 2.30. The zero-order chi connectivity index (χ0) is 10.8. The van der Waals surface area contributed by atoms with Gasteiger partial charge in [-0.15, -0.1) is 11.8 Å². The van der Waals surface area contributed by atoms with Gasteiger partial charge in [0, 0.05) is 5.75 Å². The lowest BCUT2D eigenvalue weighted by Gasteiger charge is -2.11. The summed E-state index contributed by atoms with van der Waals surface area (Å²) in [6.07, 6.45) is 0. The van der Waals surface area contributed by atoms with Gasteiger partial charge in [0.25, 0.3) is 0 Å². The van der Waals surface area contributed by atoms with Crippen LogP contribution in [0, 0.1) is 0 Å². The molecule has 3 N–H and O–H groups in total. The highest BCUT2D eigenvalue weighted by molar-refractivity contribution is 7.99. The van der Waals surface area contributed by atoms with Crippen LogP contribution in [0.25, 0.3) is 0 Å². The van der Waals surface area contributed by atoms with E-state index in [-0.39, 0.29) is 11.1 Å². The third-order valence-electron chi connectivity index (χ3n) is 2.25. The summed E-state index contributed by atoms with van der Waals surface area (Å²) < 4.78 is 0. The molecule has 0 saturated carbocycles. The Labute approximate surface area is 91.3 Å². The minimum absolute atomic E-state index is 0.0433. The van der Waals surface area contributed by atoms with Crippen molar-refractivity contribution in [2.24, 2.45) is 0 Å². The van der Waals surface area contributed by atoms with Gasteiger partial charge in [-0.05, 0) is 17.7 Å². The molecular formula is C10H11NO3S. The Morgan fingerprint density at radius 3 is 2.93 bits per heavy atom. The van der Waals surface area contributed by atoms with Gasteiger partial charge >= 0.3 is 5.97 Å². The highest BCUT2D eigenvalue weighted by atomic mass is 32.2. The predicted octanol–water partition coefficient (Wildman–Crippen LogP) is 1.18. The Morgan fingerprint density at radius 1 is 1.53 bits per heavy atom. The van der Waals surface area contributed by atoms with Gasteiger partial charge < -0.3 is 10.2 Å². The van der Waals surface area contributed by atoms with Gasteiger partial charge in [0.1, 0.15) is 11.8 Å². The number of thioether (sulfide) groups is 1. The number of benzene rings is 1. The van der Waals surface area contributed by atoms with Crippen molar-refractivity contribution in [3.63, 3.8) is 0 Å². The quantitative estimate of drug-likeness (QED) is 0.705. The molecule has 0 amide bonds. The molecule has 80 valence electrons. The molecule has 1 fully saturated rings. The van der Waals surface area contributed by atoms with E-state index >= 15 is 0 Å². The fourth-order valence-electron chi connectivity index (χ4n) is 1.49. The Hall–Kier alpha value is -1.20. The fourth-order valence-corrected chi connectivity index (χ4v) is 2.72. The molecule has 0 spiro atoms. The SMILES string of the molecule is O=C(O)[C@@H]1CSC(c2cccc(O)c2)N1. The van der Waals surface area contributed by atoms with Gasteiger partial charge in [-0.25, -0.2) is 0 Å². The summed E-state index contributed by atoms with van der Waals surface area (Å²) in [5.41, 5.74) is 0.906. The van der Waals surface area contributed by atoms with Gasteiger partial charge in [-0.3, -0.25) is 10.1 Å². The Morgan fingerprint density at radius 2 is 2.33 bits per heavy atom. The summed E-state index contributed by atoms with van der Waals surface area (Å²) in [5, 5.41) is 21.0. The van der Waals surface area contributed by atoms with Gasteiger partial charge in [0.05, 0.1) is 5.37 Å². The Kier molecular flexibility index (Phi) is 2.83. The van der Waals surface area contributed by atoms with Gasteiger partial charge in [-0.2, -0.15) is 0 Å². The van der Waals surface area contributed by atoms with E-state index in [1.165, 1.54) is 11.8 Å². The van der Waals surface area contributed by atoms with E-state index in [9.17, 15) is 9.90 Å². The first kappa shape index (κ1) is 10.3. The van der Waals surface area contributed by atoms with Gasteiger partial charge in [0.15, 0.2) is 0 Å². The molecule has 0 bridgehead atoms. The fraction of sp³-hybridized carbons (Fsp3) is 0.300. The second-order valence-electron chi connectivity index (χ2n) is 3.37. The van der Waals surface area contributed by atoms with E-state index < -0.39 is 12.0 Å². The van der Waals surface area contributed by atoms with Crippen LogP contribution in [-0.4, -0.2) is 28.0 Å². The zero-order valence-corrected chi connectivity index (χ0v) is 8.70. The molecule has 2 atom stereocenters. The van der Waals surface area contributed by atoms with E-state index in [4.69, 9.17) is 5.11 Å². The average molecular weight is 225 g/mol. The van der Waals surface area contributed by atoms with Crippen molar-refractivity contribution in [3.05, 3.63) is 29.8 Å². The van der Waals surface area contributed by atoms with E-state index in [1.54, 1.807) is 18.2 Å². The maximum absolute atomic E-state index is 10.7. The molecule has 1 aliphatic rings. The van der Waals surface area contributed by atoms with Crippen LogP contribution in [0.1, 0.15) is 10.9 Å². The maximum Gasteiger partial charge on any atom is 0.321 e. The van der Waals surface area contributed by atoms with Crippen LogP contribution in [0.4, 0.5) is 0 Å². The second kappa shape index (κ2) is 4.12. The standard InChI is InChI=1S/C10H11NO3S/c12-7-3-1-2-6(4-7)9-11-8(5-15-9)10(13)14/h1-4,8-9,11-12H,5H2,(H,13,14)/t8-,9?/m0/s1. The molecule has 0 radical (unpaired) electrons. The van der Waals surface area contributed by atoms with Crippen LogP contribution in [-0.2, 0) is 4.79 Å². The average Bonchev–Trinajstić information content (AvgIpc) is 2.66. The lowest BCUT2D eigenvalue weighted by molar-refractivity contribution is -0.138. The van der Waals surface area contributed by atoms with Crippen molar-refractivity contribution >= 4 is 17.7 Å². The van der Waals surface area contributed by atoms with Crippen LogP contribution in [0.5, 0.6) is 5.75 Å². The van der Waals surface area contributed by atoms with Gasteiger partial charge in [-0.1, -0.05) is 12.1 Å². The highest BCUT2D eigenvalue weighted by Crippen LogP contribution is 2.33. The summed E-state index contributed by atoms with van der Waals surface area (Å²) >= 11 is 1.54. The number of nitrogens with one attached hydrogen (secondary N) is 1. The monoisotopic (exact) mass is 225 g/mol. The summed E-state index contributed by atoms with van der Waals surface area (Å²) in [5.74, 6) is -0.0748. The molecule has 1 aromatic carbocycles. The van der Waals surface area contributed by atoms with E-state index in [0.717, 1.165) is 5.56 Å². The molecule has 1 saturated heterocycles. The maximum atomic E-state index is 10.7. The number of hydrogen-bond donors (Lipinski definition) is 3. The minimum atomic E-state index is -0.829. The van der Waals surface area contributed by atoms with Crippen LogP contribution in [0.2, 0.25) is 0 Å². The number of hydrogen-bond acceptors (Lipinski definition) is 4. The number of carboxylic acids is 1. The zero-order valence-electron chi connectivity index (χ0n) is 7.88.